The summed E-state index contributed by atoms with van der Waals surface area (Å²) in [6, 6.07) is -0.0327. The second-order valence-corrected chi connectivity index (χ2v) is 5.58. The highest BCUT2D eigenvalue weighted by Gasteiger charge is 2.41. The third kappa shape index (κ3) is 4.09. The summed E-state index contributed by atoms with van der Waals surface area (Å²) in [4.78, 5) is 23.7. The molecule has 0 aromatic rings. The monoisotopic (exact) mass is 298 g/mol. The van der Waals surface area contributed by atoms with Crippen LogP contribution in [0.5, 0.6) is 0 Å². The van der Waals surface area contributed by atoms with Crippen LogP contribution in [-0.2, 0) is 9.59 Å². The van der Waals surface area contributed by atoms with Crippen molar-refractivity contribution < 1.29 is 14.8 Å². The SMILES string of the molecule is CCCC(CCC)(C(=O)NCC1CCC(=O)N1)C(N)=NO. The van der Waals surface area contributed by atoms with Gasteiger partial charge in [-0.2, -0.15) is 0 Å². The van der Waals surface area contributed by atoms with Gasteiger partial charge in [0.15, 0.2) is 5.84 Å². The number of amidine groups is 1. The predicted octanol–water partition coefficient (Wildman–Crippen LogP) is 0.714. The van der Waals surface area contributed by atoms with E-state index in [1.165, 1.54) is 0 Å². The van der Waals surface area contributed by atoms with Crippen LogP contribution in [-0.4, -0.2) is 35.4 Å². The van der Waals surface area contributed by atoms with Gasteiger partial charge in [-0.05, 0) is 19.3 Å². The average Bonchev–Trinajstić information content (AvgIpc) is 2.89. The fourth-order valence-electron chi connectivity index (χ4n) is 2.89. The molecule has 1 unspecified atom stereocenters. The lowest BCUT2D eigenvalue weighted by Gasteiger charge is -2.31. The van der Waals surface area contributed by atoms with Gasteiger partial charge in [-0.25, -0.2) is 0 Å². The van der Waals surface area contributed by atoms with E-state index >= 15 is 0 Å². The van der Waals surface area contributed by atoms with Gasteiger partial charge in [-0.15, -0.1) is 0 Å². The average molecular weight is 298 g/mol. The molecule has 21 heavy (non-hydrogen) atoms. The maximum atomic E-state index is 12.6. The van der Waals surface area contributed by atoms with Crippen LogP contribution < -0.4 is 16.4 Å². The third-order valence-electron chi connectivity index (χ3n) is 3.98. The van der Waals surface area contributed by atoms with E-state index in [0.29, 0.717) is 25.8 Å². The van der Waals surface area contributed by atoms with E-state index in [1.807, 2.05) is 13.8 Å². The van der Waals surface area contributed by atoms with Crippen LogP contribution in [0.2, 0.25) is 0 Å². The van der Waals surface area contributed by atoms with Crippen molar-refractivity contribution in [3.8, 4) is 0 Å². The summed E-state index contributed by atoms with van der Waals surface area (Å²) < 4.78 is 0. The van der Waals surface area contributed by atoms with Gasteiger partial charge in [0, 0.05) is 19.0 Å². The number of hydrogen-bond donors (Lipinski definition) is 4. The largest absolute Gasteiger partial charge is 0.409 e. The number of oxime groups is 1. The minimum atomic E-state index is -0.971. The minimum Gasteiger partial charge on any atom is -0.409 e. The molecule has 0 aromatic carbocycles. The molecule has 7 nitrogen and oxygen atoms in total. The molecule has 0 bridgehead atoms. The van der Waals surface area contributed by atoms with Crippen LogP contribution in [0.3, 0.4) is 0 Å². The molecule has 0 saturated carbocycles. The fourth-order valence-corrected chi connectivity index (χ4v) is 2.89. The van der Waals surface area contributed by atoms with Crippen LogP contribution in [0.1, 0.15) is 52.4 Å². The summed E-state index contributed by atoms with van der Waals surface area (Å²) in [5.74, 6) is -0.263. The van der Waals surface area contributed by atoms with Crippen molar-refractivity contribution in [2.75, 3.05) is 6.54 Å². The fraction of sp³-hybridized carbons (Fsp3) is 0.786. The van der Waals surface area contributed by atoms with E-state index < -0.39 is 5.41 Å². The van der Waals surface area contributed by atoms with Gasteiger partial charge < -0.3 is 21.6 Å². The smallest absolute Gasteiger partial charge is 0.234 e. The Hall–Kier alpha value is -1.79. The molecule has 0 spiro atoms. The number of nitrogens with zero attached hydrogens (tertiary/aromatic N) is 1. The Bertz CT molecular complexity index is 403. The Labute approximate surface area is 125 Å². The summed E-state index contributed by atoms with van der Waals surface area (Å²) >= 11 is 0. The third-order valence-corrected chi connectivity index (χ3v) is 3.98. The highest BCUT2D eigenvalue weighted by atomic mass is 16.4. The maximum absolute atomic E-state index is 12.6. The van der Waals surface area contributed by atoms with Crippen molar-refractivity contribution >= 4 is 17.6 Å². The Kier molecular flexibility index (Phi) is 6.45. The van der Waals surface area contributed by atoms with Crippen molar-refractivity contribution in [2.24, 2.45) is 16.3 Å². The first-order valence-electron chi connectivity index (χ1n) is 7.55. The second kappa shape index (κ2) is 7.85. The van der Waals surface area contributed by atoms with Crippen molar-refractivity contribution in [3.05, 3.63) is 0 Å². The molecule has 1 heterocycles. The molecule has 2 amide bonds. The molecule has 0 aliphatic carbocycles. The Morgan fingerprint density at radius 2 is 2.10 bits per heavy atom. The maximum Gasteiger partial charge on any atom is 0.234 e. The van der Waals surface area contributed by atoms with Gasteiger partial charge in [0.25, 0.3) is 0 Å². The Morgan fingerprint density at radius 3 is 2.52 bits per heavy atom. The first-order chi connectivity index (χ1) is 10.00. The molecule has 7 heteroatoms. The topological polar surface area (TPSA) is 117 Å². The van der Waals surface area contributed by atoms with Gasteiger partial charge in [0.1, 0.15) is 5.41 Å². The van der Waals surface area contributed by atoms with Crippen molar-refractivity contribution in [2.45, 2.75) is 58.4 Å². The lowest BCUT2D eigenvalue weighted by molar-refractivity contribution is -0.128. The van der Waals surface area contributed by atoms with Gasteiger partial charge in [0.2, 0.25) is 11.8 Å². The minimum absolute atomic E-state index is 0.0130. The number of nitrogens with two attached hydrogens (primary N) is 1. The number of amides is 2. The molecule has 0 radical (unpaired) electrons. The highest BCUT2D eigenvalue weighted by molar-refractivity contribution is 6.06. The zero-order chi connectivity index (χ0) is 15.9. The van der Waals surface area contributed by atoms with Gasteiger partial charge in [-0.3, -0.25) is 9.59 Å². The predicted molar refractivity (Wildman–Crippen MR) is 79.8 cm³/mol. The molecule has 1 rings (SSSR count). The first-order valence-corrected chi connectivity index (χ1v) is 7.55. The van der Waals surface area contributed by atoms with Crippen molar-refractivity contribution in [1.29, 1.82) is 0 Å². The Morgan fingerprint density at radius 1 is 1.48 bits per heavy atom. The van der Waals surface area contributed by atoms with E-state index in [0.717, 1.165) is 19.3 Å². The standard InChI is InChI=1S/C14H26N4O3/c1-3-7-14(8-4-2,12(15)18-21)13(20)16-9-10-5-6-11(19)17-10/h10,21H,3-9H2,1-2H3,(H2,15,18)(H,16,20)(H,17,19). The number of nitrogens with one attached hydrogen (secondary N) is 2. The summed E-state index contributed by atoms with van der Waals surface area (Å²) in [5.41, 5.74) is 4.83. The zero-order valence-corrected chi connectivity index (χ0v) is 12.8. The number of carbonyl (C=O) groups excluding carboxylic acids is 2. The molecular formula is C14H26N4O3. The molecule has 1 saturated heterocycles. The zero-order valence-electron chi connectivity index (χ0n) is 12.8. The second-order valence-electron chi connectivity index (χ2n) is 5.58. The Balaban J connectivity index is 2.76. The van der Waals surface area contributed by atoms with Crippen molar-refractivity contribution in [3.63, 3.8) is 0 Å². The van der Waals surface area contributed by atoms with Gasteiger partial charge in [-0.1, -0.05) is 31.8 Å². The molecule has 0 aromatic heterocycles. The van der Waals surface area contributed by atoms with Crippen LogP contribution in [0.25, 0.3) is 0 Å². The van der Waals surface area contributed by atoms with Gasteiger partial charge >= 0.3 is 0 Å². The summed E-state index contributed by atoms with van der Waals surface area (Å²) in [5, 5.41) is 17.7. The van der Waals surface area contributed by atoms with Crippen LogP contribution in [0.4, 0.5) is 0 Å². The molecule has 120 valence electrons. The first kappa shape index (κ1) is 17.3. The summed E-state index contributed by atoms with van der Waals surface area (Å²) in [6.07, 6.45) is 3.78. The van der Waals surface area contributed by atoms with E-state index in [9.17, 15) is 9.59 Å². The lowest BCUT2D eigenvalue weighted by Crippen LogP contribution is -2.52. The van der Waals surface area contributed by atoms with Gasteiger partial charge in [0.05, 0.1) is 0 Å². The normalized spacial score (nSPS) is 19.4. The van der Waals surface area contributed by atoms with E-state index in [4.69, 9.17) is 10.9 Å². The number of carbonyl (C=O) groups is 2. The van der Waals surface area contributed by atoms with E-state index in [-0.39, 0.29) is 23.7 Å². The molecule has 1 atom stereocenters. The summed E-state index contributed by atoms with van der Waals surface area (Å²) in [7, 11) is 0. The van der Waals surface area contributed by atoms with E-state index in [2.05, 4.69) is 15.8 Å². The molecule has 5 N–H and O–H groups in total. The molecule has 1 aliphatic rings. The lowest BCUT2D eigenvalue weighted by atomic mass is 9.77. The number of rotatable bonds is 8. The van der Waals surface area contributed by atoms with Crippen LogP contribution in [0, 0.1) is 5.41 Å². The molecule has 1 aliphatic heterocycles. The quantitative estimate of drug-likeness (QED) is 0.228. The molecule has 1 fully saturated rings. The van der Waals surface area contributed by atoms with Crippen LogP contribution >= 0.6 is 0 Å². The van der Waals surface area contributed by atoms with Crippen LogP contribution in [0.15, 0.2) is 5.16 Å². The highest BCUT2D eigenvalue weighted by Crippen LogP contribution is 2.30. The number of hydrogen-bond acceptors (Lipinski definition) is 4. The summed E-state index contributed by atoms with van der Waals surface area (Å²) in [6.45, 7) is 4.29. The van der Waals surface area contributed by atoms with Crippen molar-refractivity contribution in [1.82, 2.24) is 10.6 Å². The van der Waals surface area contributed by atoms with E-state index in [1.54, 1.807) is 0 Å². The molecular weight excluding hydrogens is 272 g/mol.